The lowest BCUT2D eigenvalue weighted by atomic mass is 9.99. The van der Waals surface area contributed by atoms with Crippen molar-refractivity contribution in [1.82, 2.24) is 5.32 Å². The molecule has 0 fully saturated rings. The average Bonchev–Trinajstić information content (AvgIpc) is 2.55. The van der Waals surface area contributed by atoms with Gasteiger partial charge in [0.25, 0.3) is 0 Å². The molecular weight excluding hydrogens is 288 g/mol. The third-order valence-corrected chi connectivity index (χ3v) is 4.00. The number of carbonyl (C=O) groups is 1. The quantitative estimate of drug-likeness (QED) is 0.848. The second kappa shape index (κ2) is 7.68. The van der Waals surface area contributed by atoms with Crippen LogP contribution in [-0.4, -0.2) is 13.1 Å². The molecule has 0 radical (unpaired) electrons. The molecule has 2 rings (SSSR count). The maximum atomic E-state index is 12.3. The van der Waals surface area contributed by atoms with E-state index in [1.807, 2.05) is 24.3 Å². The molecule has 0 unspecified atom stereocenters. The van der Waals surface area contributed by atoms with Crippen LogP contribution in [0.25, 0.3) is 0 Å². The molecule has 0 saturated heterocycles. The monoisotopic (exact) mass is 312 g/mol. The van der Waals surface area contributed by atoms with Crippen LogP contribution in [0.5, 0.6) is 5.75 Å². The van der Waals surface area contributed by atoms with Crippen LogP contribution in [0.2, 0.25) is 0 Å². The summed E-state index contributed by atoms with van der Waals surface area (Å²) in [5.74, 6) is 0.641. The van der Waals surface area contributed by atoms with Crippen molar-refractivity contribution in [2.75, 3.05) is 12.4 Å². The van der Waals surface area contributed by atoms with E-state index < -0.39 is 0 Å². The van der Waals surface area contributed by atoms with Gasteiger partial charge in [0.15, 0.2) is 0 Å². The Morgan fingerprint density at radius 3 is 2.52 bits per heavy atom. The molecule has 0 bridgehead atoms. The van der Waals surface area contributed by atoms with E-state index in [0.717, 1.165) is 12.0 Å². The lowest BCUT2D eigenvalue weighted by Crippen LogP contribution is -2.32. The maximum absolute atomic E-state index is 12.3. The van der Waals surface area contributed by atoms with Crippen molar-refractivity contribution in [3.05, 3.63) is 59.2 Å². The summed E-state index contributed by atoms with van der Waals surface area (Å²) in [6.45, 7) is 6.23. The maximum Gasteiger partial charge on any atom is 0.319 e. The molecule has 0 aromatic heterocycles. The Morgan fingerprint density at radius 2 is 1.87 bits per heavy atom. The Kier molecular flexibility index (Phi) is 5.63. The smallest absolute Gasteiger partial charge is 0.319 e. The lowest BCUT2D eigenvalue weighted by Gasteiger charge is -2.19. The van der Waals surface area contributed by atoms with Gasteiger partial charge in [0.05, 0.1) is 18.8 Å². The Bertz CT molecular complexity index is 683. The number of benzene rings is 2. The summed E-state index contributed by atoms with van der Waals surface area (Å²) in [5.41, 5.74) is 4.25. The SMILES string of the molecule is CC[C@@H](NC(=O)Nc1ccccc1OC)c1ccc(C)c(C)c1. The number of methoxy groups -OCH3 is 1. The zero-order valence-corrected chi connectivity index (χ0v) is 14.1. The van der Waals surface area contributed by atoms with Crippen LogP contribution in [0.1, 0.15) is 36.1 Å². The highest BCUT2D eigenvalue weighted by Crippen LogP contribution is 2.24. The standard InChI is InChI=1S/C19H24N2O2/c1-5-16(15-11-10-13(2)14(3)12-15)20-19(22)21-17-8-6-7-9-18(17)23-4/h6-12,16H,5H2,1-4H3,(H2,20,21,22)/t16-/m1/s1. The fourth-order valence-corrected chi connectivity index (χ4v) is 2.47. The zero-order valence-electron chi connectivity index (χ0n) is 14.1. The van der Waals surface area contributed by atoms with E-state index in [4.69, 9.17) is 4.74 Å². The molecule has 0 heterocycles. The molecule has 122 valence electrons. The van der Waals surface area contributed by atoms with Gasteiger partial charge in [-0.25, -0.2) is 4.79 Å². The van der Waals surface area contributed by atoms with Crippen LogP contribution in [0.15, 0.2) is 42.5 Å². The van der Waals surface area contributed by atoms with Crippen molar-refractivity contribution in [3.8, 4) is 5.75 Å². The van der Waals surface area contributed by atoms with Gasteiger partial charge in [0.2, 0.25) is 0 Å². The molecule has 23 heavy (non-hydrogen) atoms. The number of anilines is 1. The minimum atomic E-state index is -0.237. The van der Waals surface area contributed by atoms with Crippen LogP contribution in [-0.2, 0) is 0 Å². The zero-order chi connectivity index (χ0) is 16.8. The van der Waals surface area contributed by atoms with Crippen LogP contribution in [0, 0.1) is 13.8 Å². The van der Waals surface area contributed by atoms with Gasteiger partial charge in [-0.1, -0.05) is 37.3 Å². The molecule has 0 aliphatic heterocycles. The summed E-state index contributed by atoms with van der Waals surface area (Å²) < 4.78 is 5.25. The van der Waals surface area contributed by atoms with Gasteiger partial charge >= 0.3 is 6.03 Å². The van der Waals surface area contributed by atoms with E-state index in [1.165, 1.54) is 11.1 Å². The van der Waals surface area contributed by atoms with Crippen LogP contribution >= 0.6 is 0 Å². The number of ether oxygens (including phenoxy) is 1. The molecule has 1 atom stereocenters. The van der Waals surface area contributed by atoms with E-state index in [0.29, 0.717) is 11.4 Å². The highest BCUT2D eigenvalue weighted by molar-refractivity contribution is 5.91. The van der Waals surface area contributed by atoms with E-state index in [1.54, 1.807) is 7.11 Å². The number of aryl methyl sites for hydroxylation is 2. The van der Waals surface area contributed by atoms with Gasteiger partial charge < -0.3 is 15.4 Å². The Balaban J connectivity index is 2.09. The molecule has 2 N–H and O–H groups in total. The van der Waals surface area contributed by atoms with Crippen LogP contribution < -0.4 is 15.4 Å². The first-order valence-electron chi connectivity index (χ1n) is 7.82. The molecule has 2 aromatic rings. The third kappa shape index (κ3) is 4.25. The second-order valence-electron chi connectivity index (χ2n) is 5.60. The predicted molar refractivity (Wildman–Crippen MR) is 94.1 cm³/mol. The lowest BCUT2D eigenvalue weighted by molar-refractivity contribution is 0.248. The van der Waals surface area contributed by atoms with Crippen molar-refractivity contribution in [2.45, 2.75) is 33.2 Å². The number of amides is 2. The first-order chi connectivity index (χ1) is 11.0. The van der Waals surface area contributed by atoms with Crippen LogP contribution in [0.3, 0.4) is 0 Å². The predicted octanol–water partition coefficient (Wildman–Crippen LogP) is 4.58. The average molecular weight is 312 g/mol. The number of carbonyl (C=O) groups excluding carboxylic acids is 1. The summed E-state index contributed by atoms with van der Waals surface area (Å²) in [6.07, 6.45) is 0.821. The molecule has 2 aromatic carbocycles. The largest absolute Gasteiger partial charge is 0.495 e. The minimum absolute atomic E-state index is 0.0241. The fraction of sp³-hybridized carbons (Fsp3) is 0.316. The highest BCUT2D eigenvalue weighted by atomic mass is 16.5. The van der Waals surface area contributed by atoms with Gasteiger partial charge in [0, 0.05) is 0 Å². The van der Waals surface area contributed by atoms with Gasteiger partial charge in [0.1, 0.15) is 5.75 Å². The van der Waals surface area contributed by atoms with Gasteiger partial charge in [-0.05, 0) is 49.1 Å². The summed E-state index contributed by atoms with van der Waals surface area (Å²) >= 11 is 0. The molecule has 0 spiro atoms. The number of rotatable bonds is 5. The van der Waals surface area contributed by atoms with Gasteiger partial charge in [-0.3, -0.25) is 0 Å². The van der Waals surface area contributed by atoms with Crippen molar-refractivity contribution in [3.63, 3.8) is 0 Å². The van der Waals surface area contributed by atoms with Gasteiger partial charge in [-0.15, -0.1) is 0 Å². The number of nitrogens with one attached hydrogen (secondary N) is 2. The third-order valence-electron chi connectivity index (χ3n) is 4.00. The number of hydrogen-bond donors (Lipinski definition) is 2. The molecule has 4 nitrogen and oxygen atoms in total. The summed E-state index contributed by atoms with van der Waals surface area (Å²) in [5, 5.41) is 5.87. The topological polar surface area (TPSA) is 50.4 Å². The van der Waals surface area contributed by atoms with Gasteiger partial charge in [-0.2, -0.15) is 0 Å². The van der Waals surface area contributed by atoms with E-state index in [2.05, 4.69) is 49.6 Å². The van der Waals surface area contributed by atoms with Crippen molar-refractivity contribution in [2.24, 2.45) is 0 Å². The Labute approximate surface area is 137 Å². The summed E-state index contributed by atoms with van der Waals surface area (Å²) in [7, 11) is 1.59. The molecule has 0 aliphatic carbocycles. The molecule has 4 heteroatoms. The highest BCUT2D eigenvalue weighted by Gasteiger charge is 2.14. The minimum Gasteiger partial charge on any atom is -0.495 e. The number of hydrogen-bond acceptors (Lipinski definition) is 2. The molecular formula is C19H24N2O2. The summed E-state index contributed by atoms with van der Waals surface area (Å²) in [6, 6.07) is 13.4. The number of para-hydroxylation sites is 2. The molecule has 0 aliphatic rings. The van der Waals surface area contributed by atoms with Crippen LogP contribution in [0.4, 0.5) is 10.5 Å². The summed E-state index contributed by atoms with van der Waals surface area (Å²) in [4.78, 5) is 12.3. The molecule has 0 saturated carbocycles. The fourth-order valence-electron chi connectivity index (χ4n) is 2.47. The van der Waals surface area contributed by atoms with Crippen molar-refractivity contribution < 1.29 is 9.53 Å². The Hall–Kier alpha value is -2.49. The normalized spacial score (nSPS) is 11.7. The first-order valence-corrected chi connectivity index (χ1v) is 7.82. The Morgan fingerprint density at radius 1 is 1.13 bits per heavy atom. The number of urea groups is 1. The van der Waals surface area contributed by atoms with E-state index in [9.17, 15) is 4.79 Å². The molecule has 2 amide bonds. The first kappa shape index (κ1) is 16.9. The van der Waals surface area contributed by atoms with Crippen molar-refractivity contribution in [1.29, 1.82) is 0 Å². The van der Waals surface area contributed by atoms with E-state index >= 15 is 0 Å². The van der Waals surface area contributed by atoms with Crippen molar-refractivity contribution >= 4 is 11.7 Å². The second-order valence-corrected chi connectivity index (χ2v) is 5.60. The van der Waals surface area contributed by atoms with E-state index in [-0.39, 0.29) is 12.1 Å².